The van der Waals surface area contributed by atoms with Crippen molar-refractivity contribution in [3.8, 4) is 5.75 Å². The van der Waals surface area contributed by atoms with Gasteiger partial charge in [0.25, 0.3) is 11.8 Å². The number of amides is 2. The van der Waals surface area contributed by atoms with Gasteiger partial charge >= 0.3 is 0 Å². The third-order valence-electron chi connectivity index (χ3n) is 7.09. The minimum Gasteiger partial charge on any atom is -0.484 e. The minimum absolute atomic E-state index is 0.0392. The fourth-order valence-electron chi connectivity index (χ4n) is 5.09. The summed E-state index contributed by atoms with van der Waals surface area (Å²) < 4.78 is 32.3. The van der Waals surface area contributed by atoms with Gasteiger partial charge in [-0.25, -0.2) is 13.8 Å². The number of fused-ring (bicyclic) bond motifs is 4. The van der Waals surface area contributed by atoms with Crippen molar-refractivity contribution < 1.29 is 28.2 Å². The number of hydrogen-bond acceptors (Lipinski definition) is 6. The molecule has 0 radical (unpaired) electrons. The molecule has 2 bridgehead atoms. The van der Waals surface area contributed by atoms with E-state index in [9.17, 15) is 23.5 Å². The van der Waals surface area contributed by atoms with Crippen LogP contribution in [0.2, 0.25) is 5.02 Å². The van der Waals surface area contributed by atoms with E-state index >= 15 is 0 Å². The van der Waals surface area contributed by atoms with Gasteiger partial charge in [-0.05, 0) is 56.4 Å². The van der Waals surface area contributed by atoms with Gasteiger partial charge in [-0.2, -0.15) is 0 Å². The first-order valence-corrected chi connectivity index (χ1v) is 11.9. The number of benzene rings is 2. The summed E-state index contributed by atoms with van der Waals surface area (Å²) in [7, 11) is 0. The third kappa shape index (κ3) is 4.70. The van der Waals surface area contributed by atoms with Crippen LogP contribution in [-0.4, -0.2) is 50.7 Å². The Hall–Kier alpha value is -3.37. The zero-order valence-corrected chi connectivity index (χ0v) is 19.8. The van der Waals surface area contributed by atoms with E-state index in [4.69, 9.17) is 16.3 Å². The van der Waals surface area contributed by atoms with E-state index in [0.29, 0.717) is 36.7 Å². The van der Waals surface area contributed by atoms with Crippen LogP contribution in [0.1, 0.15) is 42.6 Å². The van der Waals surface area contributed by atoms with Crippen molar-refractivity contribution in [3.63, 3.8) is 0 Å². The summed E-state index contributed by atoms with van der Waals surface area (Å²) in [5, 5.41) is 16.8. The largest absolute Gasteiger partial charge is 0.484 e. The normalized spacial score (nSPS) is 24.9. The van der Waals surface area contributed by atoms with Crippen molar-refractivity contribution in [3.05, 3.63) is 64.9 Å². The fourth-order valence-corrected chi connectivity index (χ4v) is 5.21. The molecule has 0 unspecified atom stereocenters. The number of nitrogens with zero attached hydrogens (tertiary/aromatic N) is 2. The lowest BCUT2D eigenvalue weighted by Gasteiger charge is -2.56. The summed E-state index contributed by atoms with van der Waals surface area (Å²) in [6.45, 7) is -0.314. The standard InChI is InChI=1S/C25H23ClF2N4O4/c26-16-3-2-15(10-17(16)28)36-13-22(34)31-24-5-7-25(8-6-24,21(33)11-24)32-23(35)20-12-29-19-9-14(27)1-4-18(19)30-20/h1-4,9-10,12,21,33H,5-8,11,13H2,(H,31,34)(H,32,35)/t21-,24?,25?/m1/s1. The SMILES string of the molecule is O=C(COc1ccc(Cl)c(F)c1)NC12CCC(NC(=O)c3cnc4cc(F)ccc4n3)(CC1)[C@H](O)C2. The van der Waals surface area contributed by atoms with Gasteiger partial charge in [0, 0.05) is 17.7 Å². The average molecular weight is 517 g/mol. The number of ether oxygens (including phenoxy) is 1. The summed E-state index contributed by atoms with van der Waals surface area (Å²) in [5.41, 5.74) is -0.669. The maximum absolute atomic E-state index is 13.6. The Morgan fingerprint density at radius 3 is 2.58 bits per heavy atom. The molecule has 0 spiro atoms. The molecule has 3 aromatic rings. The van der Waals surface area contributed by atoms with Crippen LogP contribution in [0.5, 0.6) is 5.75 Å². The number of nitrogens with one attached hydrogen (secondary N) is 2. The van der Waals surface area contributed by atoms with Gasteiger partial charge < -0.3 is 20.5 Å². The van der Waals surface area contributed by atoms with Gasteiger partial charge in [0.1, 0.15) is 23.1 Å². The van der Waals surface area contributed by atoms with Crippen molar-refractivity contribution in [2.75, 3.05) is 6.61 Å². The highest BCUT2D eigenvalue weighted by molar-refractivity contribution is 6.30. The molecule has 3 N–H and O–H groups in total. The number of hydrogen-bond donors (Lipinski definition) is 3. The van der Waals surface area contributed by atoms with Crippen LogP contribution in [-0.2, 0) is 4.79 Å². The van der Waals surface area contributed by atoms with Gasteiger partial charge in [-0.3, -0.25) is 14.6 Å². The van der Waals surface area contributed by atoms with Crippen LogP contribution in [0.25, 0.3) is 11.0 Å². The van der Waals surface area contributed by atoms with Crippen LogP contribution in [0.15, 0.2) is 42.6 Å². The number of carbonyl (C=O) groups is 2. The zero-order chi connectivity index (χ0) is 25.5. The van der Waals surface area contributed by atoms with Crippen molar-refractivity contribution in [2.24, 2.45) is 0 Å². The highest BCUT2D eigenvalue weighted by Crippen LogP contribution is 2.47. The quantitative estimate of drug-likeness (QED) is 0.463. The lowest BCUT2D eigenvalue weighted by atomic mass is 9.60. The molecular weight excluding hydrogens is 494 g/mol. The molecular formula is C25H23ClF2N4O4. The first kappa shape index (κ1) is 24.3. The molecule has 8 nitrogen and oxygen atoms in total. The second kappa shape index (κ2) is 9.25. The van der Waals surface area contributed by atoms with Crippen LogP contribution in [0.3, 0.4) is 0 Å². The molecule has 188 valence electrons. The second-order valence-electron chi connectivity index (χ2n) is 9.41. The molecule has 2 amide bonds. The second-order valence-corrected chi connectivity index (χ2v) is 9.82. The average Bonchev–Trinajstić information content (AvgIpc) is 2.85. The molecule has 0 aliphatic heterocycles. The van der Waals surface area contributed by atoms with Gasteiger partial charge in [0.15, 0.2) is 6.61 Å². The Morgan fingerprint density at radius 2 is 1.86 bits per heavy atom. The molecule has 3 saturated carbocycles. The van der Waals surface area contributed by atoms with E-state index in [2.05, 4.69) is 20.6 Å². The predicted molar refractivity (Wildman–Crippen MR) is 127 cm³/mol. The lowest BCUT2D eigenvalue weighted by Crippen LogP contribution is -2.70. The van der Waals surface area contributed by atoms with Crippen LogP contribution < -0.4 is 15.4 Å². The summed E-state index contributed by atoms with van der Waals surface area (Å²) in [4.78, 5) is 33.9. The summed E-state index contributed by atoms with van der Waals surface area (Å²) >= 11 is 5.65. The highest BCUT2D eigenvalue weighted by atomic mass is 35.5. The molecule has 6 rings (SSSR count). The molecule has 1 aromatic heterocycles. The van der Waals surface area contributed by atoms with E-state index in [1.54, 1.807) is 0 Å². The lowest BCUT2D eigenvalue weighted by molar-refractivity contribution is -0.129. The molecule has 3 aliphatic carbocycles. The third-order valence-corrected chi connectivity index (χ3v) is 7.39. The van der Waals surface area contributed by atoms with Gasteiger partial charge in [0.2, 0.25) is 0 Å². The summed E-state index contributed by atoms with van der Waals surface area (Å²) in [6, 6.07) is 7.86. The monoisotopic (exact) mass is 516 g/mol. The minimum atomic E-state index is -0.891. The van der Waals surface area contributed by atoms with Crippen molar-refractivity contribution >= 4 is 34.4 Å². The first-order valence-electron chi connectivity index (χ1n) is 11.5. The van der Waals surface area contributed by atoms with Gasteiger partial charge in [0.05, 0.1) is 33.9 Å². The van der Waals surface area contributed by atoms with E-state index in [1.165, 1.54) is 36.5 Å². The Morgan fingerprint density at radius 1 is 1.08 bits per heavy atom. The topological polar surface area (TPSA) is 113 Å². The molecule has 0 saturated heterocycles. The number of aliphatic hydroxyl groups is 1. The van der Waals surface area contributed by atoms with Crippen molar-refractivity contribution in [1.82, 2.24) is 20.6 Å². The zero-order valence-electron chi connectivity index (χ0n) is 19.1. The van der Waals surface area contributed by atoms with E-state index in [1.807, 2.05) is 0 Å². The molecule has 36 heavy (non-hydrogen) atoms. The van der Waals surface area contributed by atoms with Crippen LogP contribution >= 0.6 is 11.6 Å². The van der Waals surface area contributed by atoms with E-state index in [0.717, 1.165) is 6.07 Å². The number of carbonyl (C=O) groups excluding carboxylic acids is 2. The van der Waals surface area contributed by atoms with Crippen molar-refractivity contribution in [2.45, 2.75) is 49.3 Å². The number of aromatic nitrogens is 2. The molecule has 1 heterocycles. The number of halogens is 3. The molecule has 1 atom stereocenters. The summed E-state index contributed by atoms with van der Waals surface area (Å²) in [6.07, 6.45) is 2.66. The molecule has 3 fully saturated rings. The van der Waals surface area contributed by atoms with Crippen molar-refractivity contribution in [1.29, 1.82) is 0 Å². The number of aliphatic hydroxyl groups excluding tert-OH is 1. The Labute approximate surface area is 210 Å². The van der Waals surface area contributed by atoms with Gasteiger partial charge in [-0.1, -0.05) is 11.6 Å². The maximum Gasteiger partial charge on any atom is 0.272 e. The highest BCUT2D eigenvalue weighted by Gasteiger charge is 2.55. The smallest absolute Gasteiger partial charge is 0.272 e. The first-order chi connectivity index (χ1) is 17.2. The van der Waals surface area contributed by atoms with Crippen LogP contribution in [0.4, 0.5) is 8.78 Å². The molecule has 11 heteroatoms. The van der Waals surface area contributed by atoms with Gasteiger partial charge in [-0.15, -0.1) is 0 Å². The number of rotatable bonds is 6. The van der Waals surface area contributed by atoms with Crippen LogP contribution in [0, 0.1) is 11.6 Å². The van der Waals surface area contributed by atoms with E-state index < -0.39 is 34.7 Å². The Balaban J connectivity index is 1.20. The van der Waals surface area contributed by atoms with E-state index in [-0.39, 0.29) is 35.4 Å². The maximum atomic E-state index is 13.6. The summed E-state index contributed by atoms with van der Waals surface area (Å²) in [5.74, 6) is -1.77. The molecule has 3 aliphatic rings. The Bertz CT molecular complexity index is 1350. The Kier molecular flexibility index (Phi) is 6.25. The predicted octanol–water partition coefficient (Wildman–Crippen LogP) is 3.30. The molecule has 2 aromatic carbocycles. The fraction of sp³-hybridized carbons (Fsp3) is 0.360.